The first-order chi connectivity index (χ1) is 14.5. The highest BCUT2D eigenvalue weighted by molar-refractivity contribution is 8.14. The highest BCUT2D eigenvalue weighted by Gasteiger charge is 2.30. The Labute approximate surface area is 183 Å². The van der Waals surface area contributed by atoms with Gasteiger partial charge in [0.2, 0.25) is 5.91 Å². The number of carbonyl (C=O) groups is 2. The summed E-state index contributed by atoms with van der Waals surface area (Å²) >= 11 is 2.98. The van der Waals surface area contributed by atoms with Crippen molar-refractivity contribution in [2.24, 2.45) is 5.92 Å². The minimum Gasteiger partial charge on any atom is -0.346 e. The fraction of sp³-hybridized carbons (Fsp3) is 0.364. The zero-order valence-electron chi connectivity index (χ0n) is 16.9. The van der Waals surface area contributed by atoms with Crippen LogP contribution in [0, 0.1) is 5.92 Å². The van der Waals surface area contributed by atoms with Crippen LogP contribution in [0.2, 0.25) is 0 Å². The summed E-state index contributed by atoms with van der Waals surface area (Å²) in [6, 6.07) is 6.03. The van der Waals surface area contributed by atoms with E-state index in [1.54, 1.807) is 17.7 Å². The van der Waals surface area contributed by atoms with Crippen molar-refractivity contribution in [3.05, 3.63) is 40.5 Å². The number of aromatic nitrogens is 2. The molecule has 1 amide bonds. The Morgan fingerprint density at radius 3 is 3.03 bits per heavy atom. The average molecular weight is 439 g/mol. The molecule has 1 aliphatic heterocycles. The molecule has 3 aromatic rings. The number of hydrogen-bond donors (Lipinski definition) is 1. The number of hydrogen-bond acceptors (Lipinski definition) is 7. The summed E-state index contributed by atoms with van der Waals surface area (Å²) in [5.41, 5.74) is 3.28. The Hall–Kier alpha value is -2.45. The summed E-state index contributed by atoms with van der Waals surface area (Å²) in [7, 11) is 1.87. The monoisotopic (exact) mass is 438 g/mol. The van der Waals surface area contributed by atoms with E-state index in [9.17, 15) is 9.59 Å². The van der Waals surface area contributed by atoms with E-state index in [1.807, 2.05) is 37.1 Å². The van der Waals surface area contributed by atoms with Gasteiger partial charge in [-0.05, 0) is 49.4 Å². The molecule has 1 aliphatic carbocycles. The van der Waals surface area contributed by atoms with Gasteiger partial charge in [0.05, 0.1) is 5.39 Å². The van der Waals surface area contributed by atoms with Gasteiger partial charge in [-0.15, -0.1) is 11.3 Å². The van der Waals surface area contributed by atoms with Crippen molar-refractivity contribution in [2.45, 2.75) is 37.5 Å². The third-order valence-electron chi connectivity index (χ3n) is 5.93. The molecule has 0 fully saturated rings. The van der Waals surface area contributed by atoms with Crippen LogP contribution in [0.3, 0.4) is 0 Å². The van der Waals surface area contributed by atoms with Gasteiger partial charge in [0.25, 0.3) is 0 Å². The maximum Gasteiger partial charge on any atom is 0.225 e. The van der Waals surface area contributed by atoms with E-state index < -0.39 is 0 Å². The first-order valence-corrected chi connectivity index (χ1v) is 11.8. The van der Waals surface area contributed by atoms with Crippen molar-refractivity contribution in [2.75, 3.05) is 18.9 Å². The predicted octanol–water partition coefficient (Wildman–Crippen LogP) is 4.19. The molecule has 0 saturated heterocycles. The zero-order valence-corrected chi connectivity index (χ0v) is 18.5. The number of anilines is 2. The second-order valence-corrected chi connectivity index (χ2v) is 9.98. The lowest BCUT2D eigenvalue weighted by Crippen LogP contribution is -2.35. The number of carbonyl (C=O) groups excluding carboxylic acids is 2. The SMILES string of the molecule is CCN(C)C(=O)C1CCc2c(sc3ncnc(Nc4ccc5c(c4)SC(=O)C5)c23)C1. The summed E-state index contributed by atoms with van der Waals surface area (Å²) in [6.07, 6.45) is 4.58. The molecule has 1 unspecified atom stereocenters. The molecule has 0 spiro atoms. The van der Waals surface area contributed by atoms with Crippen molar-refractivity contribution in [1.29, 1.82) is 0 Å². The summed E-state index contributed by atoms with van der Waals surface area (Å²) in [5.74, 6) is 1.07. The molecule has 3 heterocycles. The second kappa shape index (κ2) is 7.67. The van der Waals surface area contributed by atoms with Crippen LogP contribution in [0.15, 0.2) is 29.4 Å². The van der Waals surface area contributed by atoms with Crippen LogP contribution in [0.1, 0.15) is 29.3 Å². The highest BCUT2D eigenvalue weighted by Crippen LogP contribution is 2.41. The van der Waals surface area contributed by atoms with Crippen molar-refractivity contribution in [3.63, 3.8) is 0 Å². The Bertz CT molecular complexity index is 1170. The maximum atomic E-state index is 12.6. The number of fused-ring (bicyclic) bond motifs is 4. The Morgan fingerprint density at radius 1 is 1.33 bits per heavy atom. The van der Waals surface area contributed by atoms with E-state index in [0.29, 0.717) is 6.42 Å². The van der Waals surface area contributed by atoms with Crippen LogP contribution in [0.5, 0.6) is 0 Å². The molecule has 30 heavy (non-hydrogen) atoms. The average Bonchev–Trinajstić information content (AvgIpc) is 3.31. The highest BCUT2D eigenvalue weighted by atomic mass is 32.2. The fourth-order valence-corrected chi connectivity index (χ4v) is 6.40. The van der Waals surface area contributed by atoms with E-state index in [4.69, 9.17) is 0 Å². The van der Waals surface area contributed by atoms with Gasteiger partial charge in [0, 0.05) is 41.4 Å². The number of benzene rings is 1. The predicted molar refractivity (Wildman–Crippen MR) is 121 cm³/mol. The van der Waals surface area contributed by atoms with E-state index in [2.05, 4.69) is 15.3 Å². The van der Waals surface area contributed by atoms with Crippen LogP contribution >= 0.6 is 23.1 Å². The molecule has 2 aromatic heterocycles. The minimum absolute atomic E-state index is 0.0474. The number of thioether (sulfide) groups is 1. The number of thiophene rings is 1. The first kappa shape index (κ1) is 19.5. The van der Waals surface area contributed by atoms with Crippen LogP contribution < -0.4 is 5.32 Å². The van der Waals surface area contributed by atoms with Gasteiger partial charge in [-0.2, -0.15) is 0 Å². The zero-order chi connectivity index (χ0) is 20.8. The number of amides is 1. The van der Waals surface area contributed by atoms with Crippen LogP contribution in [-0.4, -0.2) is 39.5 Å². The summed E-state index contributed by atoms with van der Waals surface area (Å²) < 4.78 is 0. The first-order valence-electron chi connectivity index (χ1n) is 10.1. The minimum atomic E-state index is 0.0474. The molecule has 1 aromatic carbocycles. The standard InChI is InChI=1S/C22H22N4O2S2/c1-3-26(2)22(28)13-5-7-15-17(8-13)30-21-19(15)20(23-11-24-21)25-14-6-4-12-9-18(27)29-16(12)10-14/h4,6,10-11,13H,3,5,7-9H2,1-2H3,(H,23,24,25). The number of aryl methyl sites for hydroxylation is 1. The topological polar surface area (TPSA) is 75.2 Å². The number of nitrogens with zero attached hydrogens (tertiary/aromatic N) is 3. The van der Waals surface area contributed by atoms with E-state index in [0.717, 1.165) is 58.0 Å². The van der Waals surface area contributed by atoms with Gasteiger partial charge in [-0.3, -0.25) is 9.59 Å². The van der Waals surface area contributed by atoms with Crippen LogP contribution in [0.25, 0.3) is 10.2 Å². The molecular formula is C22H22N4O2S2. The smallest absolute Gasteiger partial charge is 0.225 e. The van der Waals surface area contributed by atoms with E-state index in [-0.39, 0.29) is 16.9 Å². The van der Waals surface area contributed by atoms with Gasteiger partial charge >= 0.3 is 0 Å². The van der Waals surface area contributed by atoms with Crippen molar-refractivity contribution in [3.8, 4) is 0 Å². The van der Waals surface area contributed by atoms with Crippen LogP contribution in [0.4, 0.5) is 11.5 Å². The van der Waals surface area contributed by atoms with Crippen molar-refractivity contribution >= 4 is 55.8 Å². The van der Waals surface area contributed by atoms with E-state index in [1.165, 1.54) is 22.2 Å². The van der Waals surface area contributed by atoms with Gasteiger partial charge < -0.3 is 10.2 Å². The lowest BCUT2D eigenvalue weighted by molar-refractivity contribution is -0.134. The molecule has 1 atom stereocenters. The molecule has 0 saturated carbocycles. The third-order valence-corrected chi connectivity index (χ3v) is 8.07. The van der Waals surface area contributed by atoms with E-state index >= 15 is 0 Å². The summed E-state index contributed by atoms with van der Waals surface area (Å²) in [4.78, 5) is 38.4. The molecule has 0 bridgehead atoms. The normalized spacial score (nSPS) is 17.7. The van der Waals surface area contributed by atoms with Gasteiger partial charge in [-0.1, -0.05) is 17.8 Å². The molecule has 6 nitrogen and oxygen atoms in total. The molecule has 2 aliphatic rings. The van der Waals surface area contributed by atoms with Gasteiger partial charge in [-0.25, -0.2) is 9.97 Å². The third kappa shape index (κ3) is 3.37. The Balaban J connectivity index is 1.46. The Morgan fingerprint density at radius 2 is 2.20 bits per heavy atom. The maximum absolute atomic E-state index is 12.6. The summed E-state index contributed by atoms with van der Waals surface area (Å²) in [5, 5.41) is 4.70. The second-order valence-electron chi connectivity index (χ2n) is 7.80. The van der Waals surface area contributed by atoms with Crippen LogP contribution in [-0.2, 0) is 28.9 Å². The molecule has 154 valence electrons. The number of rotatable bonds is 4. The molecule has 0 radical (unpaired) electrons. The lowest BCUT2D eigenvalue weighted by atomic mass is 9.87. The largest absolute Gasteiger partial charge is 0.346 e. The Kier molecular flexibility index (Phi) is 4.99. The quantitative estimate of drug-likeness (QED) is 0.658. The van der Waals surface area contributed by atoms with Crippen molar-refractivity contribution in [1.82, 2.24) is 14.9 Å². The van der Waals surface area contributed by atoms with Gasteiger partial charge in [0.15, 0.2) is 5.12 Å². The molecular weight excluding hydrogens is 416 g/mol. The van der Waals surface area contributed by atoms with Crippen molar-refractivity contribution < 1.29 is 9.59 Å². The summed E-state index contributed by atoms with van der Waals surface area (Å²) in [6.45, 7) is 2.74. The number of nitrogens with one attached hydrogen (secondary N) is 1. The molecule has 8 heteroatoms. The lowest BCUT2D eigenvalue weighted by Gasteiger charge is -2.26. The molecule has 5 rings (SSSR count). The molecule has 1 N–H and O–H groups in total. The fourth-order valence-electron chi connectivity index (χ4n) is 4.21. The van der Waals surface area contributed by atoms with Gasteiger partial charge in [0.1, 0.15) is 17.0 Å².